The Hall–Kier alpha value is -2.03. The highest BCUT2D eigenvalue weighted by atomic mass is 16.5. The van der Waals surface area contributed by atoms with Crippen LogP contribution in [0.15, 0.2) is 35.0 Å². The van der Waals surface area contributed by atoms with Crippen LogP contribution in [0, 0.1) is 13.8 Å². The monoisotopic (exact) mass is 212 g/mol. The van der Waals surface area contributed by atoms with Crippen molar-refractivity contribution in [2.75, 3.05) is 0 Å². The first-order valence-electron chi connectivity index (χ1n) is 5.26. The van der Waals surface area contributed by atoms with Crippen molar-refractivity contribution < 1.29 is 4.52 Å². The lowest BCUT2D eigenvalue weighted by Gasteiger charge is -2.00. The molecule has 80 valence electrons. The van der Waals surface area contributed by atoms with Crippen LogP contribution in [0.2, 0.25) is 0 Å². The summed E-state index contributed by atoms with van der Waals surface area (Å²) in [5, 5.41) is 5.18. The second kappa shape index (κ2) is 3.23. The molecule has 16 heavy (non-hydrogen) atoms. The van der Waals surface area contributed by atoms with Gasteiger partial charge >= 0.3 is 0 Å². The molecule has 1 aromatic carbocycles. The number of fused-ring (bicyclic) bond motifs is 1. The maximum atomic E-state index is 5.19. The second-order valence-electron chi connectivity index (χ2n) is 3.98. The number of nitrogens with one attached hydrogen (secondary N) is 1. The Kier molecular flexibility index (Phi) is 1.86. The fourth-order valence-corrected chi connectivity index (χ4v) is 2.10. The molecular formula is C13H12N2O. The Morgan fingerprint density at radius 3 is 2.81 bits per heavy atom. The third kappa shape index (κ3) is 1.25. The second-order valence-corrected chi connectivity index (χ2v) is 3.98. The van der Waals surface area contributed by atoms with Crippen molar-refractivity contribution in [2.24, 2.45) is 0 Å². The van der Waals surface area contributed by atoms with Crippen LogP contribution in [0.25, 0.3) is 22.0 Å². The number of hydrogen-bond acceptors (Lipinski definition) is 2. The molecule has 2 heterocycles. The first-order valence-corrected chi connectivity index (χ1v) is 5.26. The van der Waals surface area contributed by atoms with E-state index in [0.29, 0.717) is 0 Å². The van der Waals surface area contributed by atoms with Crippen LogP contribution in [0.4, 0.5) is 0 Å². The van der Waals surface area contributed by atoms with Crippen LogP contribution in [0.1, 0.15) is 11.5 Å². The largest absolute Gasteiger partial charge is 0.361 e. The molecule has 2 aromatic heterocycles. The zero-order valence-corrected chi connectivity index (χ0v) is 9.24. The van der Waals surface area contributed by atoms with E-state index in [9.17, 15) is 0 Å². The fraction of sp³-hybridized carbons (Fsp3) is 0.154. The SMILES string of the molecule is Cc1noc(C)c1-c1ccc2[nH]ccc2c1. The smallest absolute Gasteiger partial charge is 0.141 e. The van der Waals surface area contributed by atoms with Gasteiger partial charge in [-0.1, -0.05) is 11.2 Å². The lowest BCUT2D eigenvalue weighted by Crippen LogP contribution is -1.81. The number of aromatic amines is 1. The highest BCUT2D eigenvalue weighted by molar-refractivity contribution is 5.85. The van der Waals surface area contributed by atoms with Crippen molar-refractivity contribution in [1.82, 2.24) is 10.1 Å². The molecule has 0 aliphatic carbocycles. The molecular weight excluding hydrogens is 200 g/mol. The lowest BCUT2D eigenvalue weighted by molar-refractivity contribution is 0.393. The van der Waals surface area contributed by atoms with Gasteiger partial charge in [-0.05, 0) is 43.0 Å². The summed E-state index contributed by atoms with van der Waals surface area (Å²) < 4.78 is 5.19. The van der Waals surface area contributed by atoms with E-state index in [4.69, 9.17) is 4.52 Å². The van der Waals surface area contributed by atoms with E-state index in [0.717, 1.165) is 28.1 Å². The average Bonchev–Trinajstić information content (AvgIpc) is 2.85. The van der Waals surface area contributed by atoms with Gasteiger partial charge < -0.3 is 9.51 Å². The summed E-state index contributed by atoms with van der Waals surface area (Å²) in [5.41, 5.74) is 4.34. The predicted molar refractivity (Wildman–Crippen MR) is 63.3 cm³/mol. The number of aromatic nitrogens is 2. The number of hydrogen-bond donors (Lipinski definition) is 1. The van der Waals surface area contributed by atoms with Crippen molar-refractivity contribution in [3.8, 4) is 11.1 Å². The summed E-state index contributed by atoms with van der Waals surface area (Å²) in [6.45, 7) is 3.91. The molecule has 1 N–H and O–H groups in total. The summed E-state index contributed by atoms with van der Waals surface area (Å²) in [5.74, 6) is 0.868. The highest BCUT2D eigenvalue weighted by Crippen LogP contribution is 2.29. The average molecular weight is 212 g/mol. The first kappa shape index (κ1) is 9.21. The van der Waals surface area contributed by atoms with E-state index in [2.05, 4.69) is 34.4 Å². The molecule has 0 bridgehead atoms. The van der Waals surface area contributed by atoms with E-state index in [-0.39, 0.29) is 0 Å². The molecule has 0 saturated carbocycles. The first-order chi connectivity index (χ1) is 7.75. The van der Waals surface area contributed by atoms with Gasteiger partial charge in [-0.15, -0.1) is 0 Å². The Bertz CT molecular complexity index is 629. The third-order valence-corrected chi connectivity index (χ3v) is 2.88. The summed E-state index contributed by atoms with van der Waals surface area (Å²) in [7, 11) is 0. The lowest BCUT2D eigenvalue weighted by atomic mass is 10.0. The standard InChI is InChI=1S/C13H12N2O/c1-8-13(9(2)16-15-8)11-3-4-12-10(7-11)5-6-14-12/h3-7,14H,1-2H3. The van der Waals surface area contributed by atoms with E-state index >= 15 is 0 Å². The van der Waals surface area contributed by atoms with E-state index in [1.807, 2.05) is 20.0 Å². The van der Waals surface area contributed by atoms with Crippen LogP contribution in [0.5, 0.6) is 0 Å². The molecule has 0 aliphatic heterocycles. The normalized spacial score (nSPS) is 11.1. The van der Waals surface area contributed by atoms with Crippen molar-refractivity contribution in [3.05, 3.63) is 41.9 Å². The maximum absolute atomic E-state index is 5.19. The van der Waals surface area contributed by atoms with Crippen molar-refractivity contribution in [2.45, 2.75) is 13.8 Å². The summed E-state index contributed by atoms with van der Waals surface area (Å²) in [6.07, 6.45) is 1.95. The quantitative estimate of drug-likeness (QED) is 0.671. The van der Waals surface area contributed by atoms with Gasteiger partial charge in [-0.25, -0.2) is 0 Å². The van der Waals surface area contributed by atoms with Gasteiger partial charge in [-0.3, -0.25) is 0 Å². The highest BCUT2D eigenvalue weighted by Gasteiger charge is 2.11. The molecule has 3 aromatic rings. The fourth-order valence-electron chi connectivity index (χ4n) is 2.10. The molecule has 3 nitrogen and oxygen atoms in total. The van der Waals surface area contributed by atoms with Crippen LogP contribution in [-0.2, 0) is 0 Å². The molecule has 0 atom stereocenters. The molecule has 3 rings (SSSR count). The predicted octanol–water partition coefficient (Wildman–Crippen LogP) is 3.44. The zero-order valence-electron chi connectivity index (χ0n) is 9.24. The van der Waals surface area contributed by atoms with E-state index in [1.54, 1.807) is 0 Å². The summed E-state index contributed by atoms with van der Waals surface area (Å²) in [6, 6.07) is 8.39. The van der Waals surface area contributed by atoms with Crippen LogP contribution >= 0.6 is 0 Å². The van der Waals surface area contributed by atoms with Gasteiger partial charge in [0.1, 0.15) is 5.76 Å². The Balaban J connectivity index is 2.25. The Morgan fingerprint density at radius 1 is 1.19 bits per heavy atom. The molecule has 3 heteroatoms. The zero-order chi connectivity index (χ0) is 11.1. The minimum absolute atomic E-state index is 0.868. The molecule has 0 spiro atoms. The molecule has 0 aliphatic rings. The van der Waals surface area contributed by atoms with Crippen LogP contribution in [0.3, 0.4) is 0 Å². The molecule has 0 amide bonds. The van der Waals surface area contributed by atoms with Crippen LogP contribution < -0.4 is 0 Å². The van der Waals surface area contributed by atoms with Crippen LogP contribution in [-0.4, -0.2) is 10.1 Å². The minimum Gasteiger partial charge on any atom is -0.361 e. The number of nitrogens with zero attached hydrogens (tertiary/aromatic N) is 1. The Morgan fingerprint density at radius 2 is 2.06 bits per heavy atom. The molecule has 0 saturated heterocycles. The van der Waals surface area contributed by atoms with E-state index in [1.165, 1.54) is 5.39 Å². The maximum Gasteiger partial charge on any atom is 0.141 e. The van der Waals surface area contributed by atoms with Crippen molar-refractivity contribution in [1.29, 1.82) is 0 Å². The summed E-state index contributed by atoms with van der Waals surface area (Å²) >= 11 is 0. The number of H-pyrrole nitrogens is 1. The molecule has 0 fully saturated rings. The third-order valence-electron chi connectivity index (χ3n) is 2.88. The van der Waals surface area contributed by atoms with Gasteiger partial charge in [0, 0.05) is 17.3 Å². The van der Waals surface area contributed by atoms with E-state index < -0.39 is 0 Å². The van der Waals surface area contributed by atoms with Gasteiger partial charge in [0.2, 0.25) is 0 Å². The van der Waals surface area contributed by atoms with Gasteiger partial charge in [-0.2, -0.15) is 0 Å². The topological polar surface area (TPSA) is 41.8 Å². The Labute approximate surface area is 93.1 Å². The number of benzene rings is 1. The van der Waals surface area contributed by atoms with Gasteiger partial charge in [0.15, 0.2) is 0 Å². The van der Waals surface area contributed by atoms with Crippen molar-refractivity contribution >= 4 is 10.9 Å². The van der Waals surface area contributed by atoms with Crippen molar-refractivity contribution in [3.63, 3.8) is 0 Å². The minimum atomic E-state index is 0.868. The molecule has 0 unspecified atom stereocenters. The van der Waals surface area contributed by atoms with Gasteiger partial charge in [0.05, 0.1) is 5.69 Å². The summed E-state index contributed by atoms with van der Waals surface area (Å²) in [4.78, 5) is 3.18. The number of rotatable bonds is 1. The van der Waals surface area contributed by atoms with Gasteiger partial charge in [0.25, 0.3) is 0 Å². The molecule has 0 radical (unpaired) electrons. The number of aryl methyl sites for hydroxylation is 2.